The van der Waals surface area contributed by atoms with Crippen molar-refractivity contribution in [1.29, 1.82) is 0 Å². The molecule has 0 spiro atoms. The minimum absolute atomic E-state index is 0.0357. The van der Waals surface area contributed by atoms with Crippen LogP contribution in [-0.2, 0) is 4.79 Å². The predicted molar refractivity (Wildman–Crippen MR) is 83.9 cm³/mol. The van der Waals surface area contributed by atoms with Gasteiger partial charge in [0.05, 0.1) is 0 Å². The first-order valence-corrected chi connectivity index (χ1v) is 8.17. The summed E-state index contributed by atoms with van der Waals surface area (Å²) in [6.07, 6.45) is 5.44. The fourth-order valence-corrected chi connectivity index (χ4v) is 3.33. The van der Waals surface area contributed by atoms with Gasteiger partial charge < -0.3 is 20.5 Å². The lowest BCUT2D eigenvalue weighted by molar-refractivity contribution is -0.131. The summed E-state index contributed by atoms with van der Waals surface area (Å²) in [5.74, 6) is 1.67. The van der Waals surface area contributed by atoms with Crippen LogP contribution in [0.25, 0.3) is 0 Å². The average molecular weight is 304 g/mol. The molecule has 0 radical (unpaired) electrons. The molecule has 1 amide bonds. The number of carbonyl (C=O) groups excluding carboxylic acids is 1. The summed E-state index contributed by atoms with van der Waals surface area (Å²) in [5, 5.41) is 3.07. The van der Waals surface area contributed by atoms with Gasteiger partial charge >= 0.3 is 0 Å². The van der Waals surface area contributed by atoms with E-state index < -0.39 is 6.10 Å². The number of ether oxygens (including phenoxy) is 2. The molecule has 1 aliphatic heterocycles. The Morgan fingerprint density at radius 3 is 2.68 bits per heavy atom. The monoisotopic (exact) mass is 304 g/mol. The van der Waals surface area contributed by atoms with E-state index in [1.165, 1.54) is 19.3 Å². The Kier molecular flexibility index (Phi) is 4.83. The number of carbonyl (C=O) groups is 1. The normalized spacial score (nSPS) is 22.9. The van der Waals surface area contributed by atoms with Crippen LogP contribution in [0.3, 0.4) is 0 Å². The van der Waals surface area contributed by atoms with Crippen molar-refractivity contribution >= 4 is 5.91 Å². The third-order valence-electron chi connectivity index (χ3n) is 4.60. The molecule has 0 aromatic heterocycles. The van der Waals surface area contributed by atoms with Crippen molar-refractivity contribution in [1.82, 2.24) is 5.32 Å². The van der Waals surface area contributed by atoms with Gasteiger partial charge in [-0.15, -0.1) is 0 Å². The van der Waals surface area contributed by atoms with Gasteiger partial charge in [0.25, 0.3) is 5.91 Å². The lowest BCUT2D eigenvalue weighted by Crippen LogP contribution is -2.52. The van der Waals surface area contributed by atoms with Crippen molar-refractivity contribution in [2.45, 2.75) is 44.2 Å². The summed E-state index contributed by atoms with van der Waals surface area (Å²) in [6, 6.07) is 7.45. The van der Waals surface area contributed by atoms with Gasteiger partial charge in [0.15, 0.2) is 11.5 Å². The highest BCUT2D eigenvalue weighted by molar-refractivity contribution is 5.82. The number of fused-ring (bicyclic) bond motifs is 1. The molecule has 1 fully saturated rings. The molecule has 1 aromatic carbocycles. The van der Waals surface area contributed by atoms with Crippen molar-refractivity contribution in [3.05, 3.63) is 24.3 Å². The van der Waals surface area contributed by atoms with Crippen LogP contribution in [0, 0.1) is 5.92 Å². The van der Waals surface area contributed by atoms with E-state index in [4.69, 9.17) is 15.2 Å². The van der Waals surface area contributed by atoms with Gasteiger partial charge in [0.2, 0.25) is 6.10 Å². The van der Waals surface area contributed by atoms with Gasteiger partial charge in [-0.2, -0.15) is 0 Å². The maximum atomic E-state index is 12.4. The van der Waals surface area contributed by atoms with Crippen LogP contribution in [0.5, 0.6) is 11.5 Å². The molecular weight excluding hydrogens is 280 g/mol. The molecule has 2 unspecified atom stereocenters. The molecule has 3 N–H and O–H groups in total. The van der Waals surface area contributed by atoms with Crippen molar-refractivity contribution in [2.75, 3.05) is 13.2 Å². The first-order chi connectivity index (χ1) is 10.8. The number of hydrogen-bond acceptors (Lipinski definition) is 4. The lowest BCUT2D eigenvalue weighted by atomic mass is 9.84. The summed E-state index contributed by atoms with van der Waals surface area (Å²) in [5.41, 5.74) is 5.87. The molecule has 2 aliphatic rings. The molecular formula is C17H24N2O3. The van der Waals surface area contributed by atoms with Crippen LogP contribution in [0.2, 0.25) is 0 Å². The van der Waals surface area contributed by atoms with E-state index in [0.717, 1.165) is 12.8 Å². The number of para-hydroxylation sites is 2. The SMILES string of the molecule is NCC(NC(=O)C1COc2ccccc2O1)C1CCCCC1. The molecule has 5 nitrogen and oxygen atoms in total. The summed E-state index contributed by atoms with van der Waals surface area (Å²) in [4.78, 5) is 12.4. The second-order valence-electron chi connectivity index (χ2n) is 6.11. The maximum absolute atomic E-state index is 12.4. The number of rotatable bonds is 4. The fourth-order valence-electron chi connectivity index (χ4n) is 3.33. The van der Waals surface area contributed by atoms with Gasteiger partial charge in [0.1, 0.15) is 6.61 Å². The first-order valence-electron chi connectivity index (χ1n) is 8.17. The number of nitrogens with two attached hydrogens (primary N) is 1. The van der Waals surface area contributed by atoms with E-state index in [2.05, 4.69) is 5.32 Å². The Morgan fingerprint density at radius 2 is 1.95 bits per heavy atom. The van der Waals surface area contributed by atoms with Crippen molar-refractivity contribution in [2.24, 2.45) is 11.7 Å². The Bertz CT molecular complexity index is 514. The van der Waals surface area contributed by atoms with Crippen LogP contribution in [0.15, 0.2) is 24.3 Å². The van der Waals surface area contributed by atoms with Gasteiger partial charge in [-0.3, -0.25) is 4.79 Å². The molecule has 1 aromatic rings. The Morgan fingerprint density at radius 1 is 1.23 bits per heavy atom. The van der Waals surface area contributed by atoms with Crippen LogP contribution in [-0.4, -0.2) is 31.2 Å². The minimum Gasteiger partial charge on any atom is -0.485 e. The quantitative estimate of drug-likeness (QED) is 0.890. The van der Waals surface area contributed by atoms with Crippen LogP contribution < -0.4 is 20.5 Å². The van der Waals surface area contributed by atoms with Gasteiger partial charge in [-0.1, -0.05) is 31.4 Å². The van der Waals surface area contributed by atoms with E-state index in [9.17, 15) is 4.79 Å². The topological polar surface area (TPSA) is 73.6 Å². The highest BCUT2D eigenvalue weighted by Crippen LogP contribution is 2.31. The minimum atomic E-state index is -0.604. The lowest BCUT2D eigenvalue weighted by Gasteiger charge is -2.32. The number of benzene rings is 1. The van der Waals surface area contributed by atoms with E-state index >= 15 is 0 Å². The van der Waals surface area contributed by atoms with Crippen LogP contribution >= 0.6 is 0 Å². The first kappa shape index (κ1) is 15.2. The van der Waals surface area contributed by atoms with Crippen molar-refractivity contribution in [3.63, 3.8) is 0 Å². The largest absolute Gasteiger partial charge is 0.485 e. The molecule has 0 saturated heterocycles. The molecule has 5 heteroatoms. The van der Waals surface area contributed by atoms with E-state index in [-0.39, 0.29) is 18.6 Å². The highest BCUT2D eigenvalue weighted by atomic mass is 16.6. The van der Waals surface area contributed by atoms with Crippen molar-refractivity contribution in [3.8, 4) is 11.5 Å². The zero-order chi connectivity index (χ0) is 15.4. The number of hydrogen-bond donors (Lipinski definition) is 2. The Hall–Kier alpha value is -1.75. The van der Waals surface area contributed by atoms with Crippen LogP contribution in [0.4, 0.5) is 0 Å². The van der Waals surface area contributed by atoms with Crippen molar-refractivity contribution < 1.29 is 14.3 Å². The molecule has 22 heavy (non-hydrogen) atoms. The summed E-state index contributed by atoms with van der Waals surface area (Å²) in [6.45, 7) is 0.714. The maximum Gasteiger partial charge on any atom is 0.264 e. The molecule has 1 aliphatic carbocycles. The van der Waals surface area contributed by atoms with E-state index in [0.29, 0.717) is 24.0 Å². The molecule has 1 saturated carbocycles. The van der Waals surface area contributed by atoms with Gasteiger partial charge in [-0.25, -0.2) is 0 Å². The molecule has 2 atom stereocenters. The Balaban J connectivity index is 1.59. The molecule has 120 valence electrons. The second kappa shape index (κ2) is 7.01. The highest BCUT2D eigenvalue weighted by Gasteiger charge is 2.31. The number of amides is 1. The molecule has 1 heterocycles. The fraction of sp³-hybridized carbons (Fsp3) is 0.588. The molecule has 3 rings (SSSR count). The number of nitrogens with one attached hydrogen (secondary N) is 1. The van der Waals surface area contributed by atoms with E-state index in [1.807, 2.05) is 24.3 Å². The smallest absolute Gasteiger partial charge is 0.264 e. The Labute approximate surface area is 131 Å². The van der Waals surface area contributed by atoms with Gasteiger partial charge in [0, 0.05) is 12.6 Å². The third kappa shape index (κ3) is 3.35. The third-order valence-corrected chi connectivity index (χ3v) is 4.60. The van der Waals surface area contributed by atoms with Gasteiger partial charge in [-0.05, 0) is 30.9 Å². The zero-order valence-corrected chi connectivity index (χ0v) is 12.8. The standard InChI is InChI=1S/C17H24N2O3/c18-10-13(12-6-2-1-3-7-12)19-17(20)16-11-21-14-8-4-5-9-15(14)22-16/h4-5,8-9,12-13,16H,1-3,6-7,10-11,18H2,(H,19,20). The van der Waals surface area contributed by atoms with Crippen LogP contribution in [0.1, 0.15) is 32.1 Å². The summed E-state index contributed by atoms with van der Waals surface area (Å²) in [7, 11) is 0. The zero-order valence-electron chi connectivity index (χ0n) is 12.8. The molecule has 0 bridgehead atoms. The average Bonchev–Trinajstić information content (AvgIpc) is 2.59. The summed E-state index contributed by atoms with van der Waals surface area (Å²) >= 11 is 0. The summed E-state index contributed by atoms with van der Waals surface area (Å²) < 4.78 is 11.3. The predicted octanol–water partition coefficient (Wildman–Crippen LogP) is 1.85. The second-order valence-corrected chi connectivity index (χ2v) is 6.11. The van der Waals surface area contributed by atoms with E-state index in [1.54, 1.807) is 0 Å².